The first-order valence-corrected chi connectivity index (χ1v) is 10.4. The van der Waals surface area contributed by atoms with Crippen molar-refractivity contribution in [3.63, 3.8) is 0 Å². The van der Waals surface area contributed by atoms with Crippen molar-refractivity contribution >= 4 is 11.7 Å². The molecule has 2 saturated carbocycles. The van der Waals surface area contributed by atoms with Gasteiger partial charge in [-0.05, 0) is 56.1 Å². The van der Waals surface area contributed by atoms with E-state index in [4.69, 9.17) is 0 Å². The number of hydrogen-bond acceptors (Lipinski definition) is 4. The summed E-state index contributed by atoms with van der Waals surface area (Å²) in [5.41, 5.74) is 0.738. The number of carbonyl (C=O) groups is 1. The molecule has 1 unspecified atom stereocenters. The Balaban J connectivity index is 1.48. The van der Waals surface area contributed by atoms with Crippen molar-refractivity contribution in [2.24, 2.45) is 11.8 Å². The Kier molecular flexibility index (Phi) is 5.16. The number of hydrogen-bond donors (Lipinski definition) is 1. The van der Waals surface area contributed by atoms with E-state index < -0.39 is 0 Å². The highest BCUT2D eigenvalue weighted by molar-refractivity contribution is 5.95. The third-order valence-electron chi connectivity index (χ3n) is 5.95. The second-order valence-electron chi connectivity index (χ2n) is 8.70. The number of pyridine rings is 1. The van der Waals surface area contributed by atoms with Crippen LogP contribution in [0.15, 0.2) is 18.3 Å². The summed E-state index contributed by atoms with van der Waals surface area (Å²) >= 11 is 0. The van der Waals surface area contributed by atoms with Gasteiger partial charge in [-0.15, -0.1) is 0 Å². The van der Waals surface area contributed by atoms with E-state index in [0.717, 1.165) is 49.7 Å². The normalized spacial score (nSPS) is 24.6. The van der Waals surface area contributed by atoms with Gasteiger partial charge in [0.15, 0.2) is 0 Å². The SMILES string of the molecule is CC(C)C1CN(c2cc(C(=O)NC3CC3)ccn2)CCCN1CC1CC1. The topological polar surface area (TPSA) is 48.5 Å². The summed E-state index contributed by atoms with van der Waals surface area (Å²) in [6.07, 6.45) is 7.99. The molecule has 26 heavy (non-hydrogen) atoms. The van der Waals surface area contributed by atoms with Crippen molar-refractivity contribution in [1.29, 1.82) is 0 Å². The standard InChI is InChI=1S/C21H32N4O/c1-15(2)19-14-25(11-3-10-24(19)13-16-4-5-16)20-12-17(8-9-22-20)21(26)23-18-6-7-18/h8-9,12,15-16,18-19H,3-7,10-11,13-14H2,1-2H3,(H,23,26). The van der Waals surface area contributed by atoms with E-state index in [1.165, 1.54) is 25.9 Å². The lowest BCUT2D eigenvalue weighted by Gasteiger charge is -2.35. The molecule has 1 aromatic heterocycles. The fraction of sp³-hybridized carbons (Fsp3) is 0.714. The number of aromatic nitrogens is 1. The molecule has 0 aromatic carbocycles. The van der Waals surface area contributed by atoms with Crippen molar-refractivity contribution < 1.29 is 4.79 Å². The van der Waals surface area contributed by atoms with Gasteiger partial charge in [0.1, 0.15) is 5.82 Å². The molecule has 5 heteroatoms. The van der Waals surface area contributed by atoms with E-state index in [1.807, 2.05) is 12.1 Å². The maximum absolute atomic E-state index is 12.4. The average Bonchev–Trinajstić information content (AvgIpc) is 3.51. The van der Waals surface area contributed by atoms with Crippen LogP contribution in [-0.2, 0) is 0 Å². The summed E-state index contributed by atoms with van der Waals surface area (Å²) < 4.78 is 0. The lowest BCUT2D eigenvalue weighted by atomic mass is 10.0. The van der Waals surface area contributed by atoms with Gasteiger partial charge in [-0.1, -0.05) is 13.8 Å². The molecule has 1 atom stereocenters. The second kappa shape index (κ2) is 7.55. The highest BCUT2D eigenvalue weighted by Crippen LogP contribution is 2.32. The minimum Gasteiger partial charge on any atom is -0.355 e. The highest BCUT2D eigenvalue weighted by Gasteiger charge is 2.32. The van der Waals surface area contributed by atoms with Crippen molar-refractivity contribution in [2.45, 2.75) is 58.0 Å². The molecule has 1 amide bonds. The number of carbonyl (C=O) groups excluding carboxylic acids is 1. The van der Waals surface area contributed by atoms with E-state index in [0.29, 0.717) is 18.0 Å². The summed E-state index contributed by atoms with van der Waals surface area (Å²) in [5, 5.41) is 3.08. The number of anilines is 1. The van der Waals surface area contributed by atoms with E-state index in [-0.39, 0.29) is 5.91 Å². The minimum absolute atomic E-state index is 0.0433. The van der Waals surface area contributed by atoms with Crippen LogP contribution in [0.1, 0.15) is 56.3 Å². The van der Waals surface area contributed by atoms with Crippen molar-refractivity contribution in [1.82, 2.24) is 15.2 Å². The van der Waals surface area contributed by atoms with Crippen LogP contribution in [-0.4, -0.2) is 54.1 Å². The van der Waals surface area contributed by atoms with Crippen LogP contribution in [0.3, 0.4) is 0 Å². The van der Waals surface area contributed by atoms with Crippen molar-refractivity contribution in [2.75, 3.05) is 31.1 Å². The molecule has 3 fully saturated rings. The van der Waals surface area contributed by atoms with Gasteiger partial charge < -0.3 is 10.2 Å². The largest absolute Gasteiger partial charge is 0.355 e. The Morgan fingerprint density at radius 1 is 1.27 bits per heavy atom. The van der Waals surface area contributed by atoms with Gasteiger partial charge in [0.2, 0.25) is 0 Å². The van der Waals surface area contributed by atoms with Crippen LogP contribution >= 0.6 is 0 Å². The third kappa shape index (κ3) is 4.37. The molecular formula is C21H32N4O. The Morgan fingerprint density at radius 2 is 2.08 bits per heavy atom. The van der Waals surface area contributed by atoms with Gasteiger partial charge in [-0.25, -0.2) is 4.98 Å². The maximum atomic E-state index is 12.4. The van der Waals surface area contributed by atoms with E-state index >= 15 is 0 Å². The monoisotopic (exact) mass is 356 g/mol. The lowest BCUT2D eigenvalue weighted by molar-refractivity contribution is 0.0951. The fourth-order valence-electron chi connectivity index (χ4n) is 3.99. The van der Waals surface area contributed by atoms with Crippen LogP contribution in [0.2, 0.25) is 0 Å². The quantitative estimate of drug-likeness (QED) is 0.851. The number of nitrogens with zero attached hydrogens (tertiary/aromatic N) is 3. The van der Waals surface area contributed by atoms with Crippen LogP contribution in [0.4, 0.5) is 5.82 Å². The van der Waals surface area contributed by atoms with Gasteiger partial charge in [-0.2, -0.15) is 0 Å². The molecule has 1 saturated heterocycles. The first kappa shape index (κ1) is 17.8. The molecule has 2 aliphatic carbocycles. The Morgan fingerprint density at radius 3 is 2.77 bits per heavy atom. The molecule has 0 spiro atoms. The highest BCUT2D eigenvalue weighted by atomic mass is 16.1. The van der Waals surface area contributed by atoms with Gasteiger partial charge >= 0.3 is 0 Å². The predicted octanol–water partition coefficient (Wildman–Crippen LogP) is 2.92. The van der Waals surface area contributed by atoms with Crippen LogP contribution < -0.4 is 10.2 Å². The molecule has 142 valence electrons. The number of rotatable bonds is 6. The fourth-order valence-corrected chi connectivity index (χ4v) is 3.99. The molecule has 3 aliphatic rings. The van der Waals surface area contributed by atoms with Crippen LogP contribution in [0.5, 0.6) is 0 Å². The van der Waals surface area contributed by atoms with Crippen molar-refractivity contribution in [3.05, 3.63) is 23.9 Å². The summed E-state index contributed by atoms with van der Waals surface area (Å²) in [4.78, 5) is 22.1. The van der Waals surface area contributed by atoms with Crippen molar-refractivity contribution in [3.8, 4) is 0 Å². The number of nitrogens with one attached hydrogen (secondary N) is 1. The molecule has 0 bridgehead atoms. The van der Waals surface area contributed by atoms with Gasteiger partial charge in [-0.3, -0.25) is 9.69 Å². The van der Waals surface area contributed by atoms with Gasteiger partial charge in [0, 0.05) is 50.0 Å². The molecule has 2 heterocycles. The maximum Gasteiger partial charge on any atom is 0.251 e. The second-order valence-corrected chi connectivity index (χ2v) is 8.70. The Labute approximate surface area is 157 Å². The van der Waals surface area contributed by atoms with Gasteiger partial charge in [0.05, 0.1) is 0 Å². The van der Waals surface area contributed by atoms with E-state index in [9.17, 15) is 4.79 Å². The third-order valence-corrected chi connectivity index (χ3v) is 5.95. The van der Waals surface area contributed by atoms with Gasteiger partial charge in [0.25, 0.3) is 5.91 Å². The first-order valence-electron chi connectivity index (χ1n) is 10.4. The van der Waals surface area contributed by atoms with E-state index in [2.05, 4.69) is 33.9 Å². The Hall–Kier alpha value is -1.62. The van der Waals surface area contributed by atoms with Crippen LogP contribution in [0.25, 0.3) is 0 Å². The molecule has 0 radical (unpaired) electrons. The molecule has 5 nitrogen and oxygen atoms in total. The zero-order chi connectivity index (χ0) is 18.1. The molecule has 1 N–H and O–H groups in total. The predicted molar refractivity (Wildman–Crippen MR) is 104 cm³/mol. The number of amides is 1. The van der Waals surface area contributed by atoms with E-state index in [1.54, 1.807) is 6.20 Å². The van der Waals surface area contributed by atoms with Crippen LogP contribution in [0, 0.1) is 11.8 Å². The minimum atomic E-state index is 0.0433. The molecular weight excluding hydrogens is 324 g/mol. The zero-order valence-electron chi connectivity index (χ0n) is 16.2. The Bertz CT molecular complexity index is 639. The molecule has 4 rings (SSSR count). The molecule has 1 aliphatic heterocycles. The smallest absolute Gasteiger partial charge is 0.251 e. The molecule has 1 aromatic rings. The summed E-state index contributed by atoms with van der Waals surface area (Å²) in [5.74, 6) is 2.54. The lowest BCUT2D eigenvalue weighted by Crippen LogP contribution is -2.45. The summed E-state index contributed by atoms with van der Waals surface area (Å²) in [6, 6.07) is 4.76. The average molecular weight is 357 g/mol. The zero-order valence-corrected chi connectivity index (χ0v) is 16.2. The first-order chi connectivity index (χ1) is 12.6. The summed E-state index contributed by atoms with van der Waals surface area (Å²) in [7, 11) is 0. The summed E-state index contributed by atoms with van der Waals surface area (Å²) in [6.45, 7) is 9.13.